The average Bonchev–Trinajstić information content (AvgIpc) is 3.30. The standard InChI is InChI=1S/C26H27ClN4O2S/c1-33-23-13-7-18(8-14-23)16-30(22-11-9-20(27)10-12-22)17-21-15-24(32)31-26(28-21)34-25(29-31)19-5-3-2-4-6-19/h7-15,19H,2-6,16-17H2,1H3. The molecule has 4 aromatic rings. The maximum absolute atomic E-state index is 12.9. The van der Waals surface area contributed by atoms with Gasteiger partial charge < -0.3 is 9.64 Å². The molecule has 1 aliphatic rings. The molecule has 0 unspecified atom stereocenters. The summed E-state index contributed by atoms with van der Waals surface area (Å²) in [4.78, 5) is 20.6. The van der Waals surface area contributed by atoms with Crippen LogP contribution >= 0.6 is 22.9 Å². The van der Waals surface area contributed by atoms with Gasteiger partial charge in [0.1, 0.15) is 10.8 Å². The second-order valence-electron chi connectivity index (χ2n) is 8.74. The van der Waals surface area contributed by atoms with E-state index < -0.39 is 0 Å². The monoisotopic (exact) mass is 494 g/mol. The van der Waals surface area contributed by atoms with Gasteiger partial charge in [0.15, 0.2) is 0 Å². The number of fused-ring (bicyclic) bond motifs is 1. The maximum atomic E-state index is 12.9. The van der Waals surface area contributed by atoms with Crippen molar-refractivity contribution in [3.05, 3.63) is 86.2 Å². The summed E-state index contributed by atoms with van der Waals surface area (Å²) in [6.45, 7) is 1.15. The summed E-state index contributed by atoms with van der Waals surface area (Å²) in [7, 11) is 1.66. The summed E-state index contributed by atoms with van der Waals surface area (Å²) >= 11 is 7.68. The van der Waals surface area contributed by atoms with E-state index in [1.54, 1.807) is 24.5 Å². The second kappa shape index (κ2) is 10.2. The Balaban J connectivity index is 1.44. The minimum Gasteiger partial charge on any atom is -0.497 e. The third kappa shape index (κ3) is 5.10. The van der Waals surface area contributed by atoms with Gasteiger partial charge in [-0.1, -0.05) is 54.3 Å². The Labute approximate surface area is 207 Å². The van der Waals surface area contributed by atoms with Crippen LogP contribution in [0.1, 0.15) is 54.3 Å². The third-order valence-electron chi connectivity index (χ3n) is 6.35. The van der Waals surface area contributed by atoms with Gasteiger partial charge in [0.05, 0.1) is 19.3 Å². The molecule has 8 heteroatoms. The van der Waals surface area contributed by atoms with E-state index >= 15 is 0 Å². The Bertz CT molecular complexity index is 1310. The van der Waals surface area contributed by atoms with Crippen LogP contribution in [0.4, 0.5) is 5.69 Å². The van der Waals surface area contributed by atoms with Gasteiger partial charge in [-0.15, -0.1) is 0 Å². The molecule has 6 nitrogen and oxygen atoms in total. The smallest absolute Gasteiger partial charge is 0.275 e. The van der Waals surface area contributed by atoms with E-state index in [4.69, 9.17) is 21.3 Å². The molecule has 1 aliphatic carbocycles. The molecule has 0 amide bonds. The second-order valence-corrected chi connectivity index (χ2v) is 10.2. The summed E-state index contributed by atoms with van der Waals surface area (Å²) in [5.74, 6) is 1.27. The zero-order chi connectivity index (χ0) is 23.5. The van der Waals surface area contributed by atoms with Gasteiger partial charge >= 0.3 is 0 Å². The minimum absolute atomic E-state index is 0.126. The first-order valence-corrected chi connectivity index (χ1v) is 12.8. The zero-order valence-electron chi connectivity index (χ0n) is 19.1. The lowest BCUT2D eigenvalue weighted by molar-refractivity contribution is 0.414. The van der Waals surface area contributed by atoms with Crippen LogP contribution < -0.4 is 15.2 Å². The van der Waals surface area contributed by atoms with Crippen LogP contribution in [0.25, 0.3) is 4.96 Å². The molecule has 0 spiro atoms. The van der Waals surface area contributed by atoms with Gasteiger partial charge in [-0.2, -0.15) is 9.61 Å². The van der Waals surface area contributed by atoms with Crippen LogP contribution in [0.15, 0.2) is 59.4 Å². The number of hydrogen-bond donors (Lipinski definition) is 0. The number of rotatable bonds is 7. The van der Waals surface area contributed by atoms with Gasteiger partial charge in [0.25, 0.3) is 5.56 Å². The number of hydrogen-bond acceptors (Lipinski definition) is 6. The fraction of sp³-hybridized carbons (Fsp3) is 0.346. The fourth-order valence-electron chi connectivity index (χ4n) is 4.50. The van der Waals surface area contributed by atoms with Crippen LogP contribution in [-0.4, -0.2) is 21.7 Å². The molecule has 2 aromatic heterocycles. The number of ether oxygens (including phenoxy) is 1. The first-order valence-electron chi connectivity index (χ1n) is 11.6. The number of methoxy groups -OCH3 is 1. The SMILES string of the molecule is COc1ccc(CN(Cc2cc(=O)n3nc(C4CCCCC4)sc3n2)c2ccc(Cl)cc2)cc1. The van der Waals surface area contributed by atoms with Crippen molar-refractivity contribution in [1.82, 2.24) is 14.6 Å². The van der Waals surface area contributed by atoms with Gasteiger partial charge in [-0.25, -0.2) is 4.98 Å². The largest absolute Gasteiger partial charge is 0.497 e. The van der Waals surface area contributed by atoms with Crippen LogP contribution in [0.3, 0.4) is 0 Å². The molecule has 2 aromatic carbocycles. The minimum atomic E-state index is -0.126. The predicted octanol–water partition coefficient (Wildman–Crippen LogP) is 6.07. The number of halogens is 1. The average molecular weight is 495 g/mol. The Morgan fingerprint density at radius 2 is 1.79 bits per heavy atom. The maximum Gasteiger partial charge on any atom is 0.275 e. The Kier molecular flexibility index (Phi) is 6.83. The number of benzene rings is 2. The van der Waals surface area contributed by atoms with Gasteiger partial charge in [0.2, 0.25) is 4.96 Å². The van der Waals surface area contributed by atoms with Crippen molar-refractivity contribution in [2.45, 2.75) is 51.1 Å². The van der Waals surface area contributed by atoms with Gasteiger partial charge in [0, 0.05) is 29.2 Å². The van der Waals surface area contributed by atoms with Gasteiger partial charge in [-0.3, -0.25) is 4.79 Å². The van der Waals surface area contributed by atoms with Crippen molar-refractivity contribution < 1.29 is 4.74 Å². The van der Waals surface area contributed by atoms with Crippen molar-refractivity contribution in [3.63, 3.8) is 0 Å². The molecule has 0 N–H and O–H groups in total. The van der Waals surface area contributed by atoms with Crippen LogP contribution in [0.2, 0.25) is 5.02 Å². The summed E-state index contributed by atoms with van der Waals surface area (Å²) in [6.07, 6.45) is 6.05. The van der Waals surface area contributed by atoms with E-state index in [9.17, 15) is 4.79 Å². The van der Waals surface area contributed by atoms with Crippen molar-refractivity contribution in [2.75, 3.05) is 12.0 Å². The number of nitrogens with zero attached hydrogens (tertiary/aromatic N) is 4. The van der Waals surface area contributed by atoms with Crippen molar-refractivity contribution in [3.8, 4) is 5.75 Å². The molecule has 1 fully saturated rings. The third-order valence-corrected chi connectivity index (χ3v) is 7.67. The Morgan fingerprint density at radius 1 is 1.06 bits per heavy atom. The van der Waals surface area contributed by atoms with E-state index in [1.165, 1.54) is 23.8 Å². The van der Waals surface area contributed by atoms with Gasteiger partial charge in [-0.05, 0) is 54.8 Å². The molecule has 2 heterocycles. The highest BCUT2D eigenvalue weighted by atomic mass is 35.5. The molecule has 0 bridgehead atoms. The van der Waals surface area contributed by atoms with E-state index in [-0.39, 0.29) is 5.56 Å². The van der Waals surface area contributed by atoms with E-state index in [0.717, 1.165) is 40.5 Å². The highest BCUT2D eigenvalue weighted by molar-refractivity contribution is 7.16. The molecular formula is C26H27ClN4O2S. The normalized spacial score (nSPS) is 14.4. The molecule has 5 rings (SSSR count). The van der Waals surface area contributed by atoms with E-state index in [1.807, 2.05) is 48.5 Å². The van der Waals surface area contributed by atoms with E-state index in [2.05, 4.69) is 10.00 Å². The summed E-state index contributed by atoms with van der Waals surface area (Å²) in [6, 6.07) is 17.4. The molecule has 0 atom stereocenters. The highest BCUT2D eigenvalue weighted by Gasteiger charge is 2.21. The molecule has 34 heavy (non-hydrogen) atoms. The van der Waals surface area contributed by atoms with Crippen molar-refractivity contribution in [1.29, 1.82) is 0 Å². The topological polar surface area (TPSA) is 59.7 Å². The first-order chi connectivity index (χ1) is 16.6. The lowest BCUT2D eigenvalue weighted by Crippen LogP contribution is -2.25. The molecule has 176 valence electrons. The highest BCUT2D eigenvalue weighted by Crippen LogP contribution is 2.34. The van der Waals surface area contributed by atoms with Crippen LogP contribution in [-0.2, 0) is 13.1 Å². The molecule has 0 aliphatic heterocycles. The molecule has 0 radical (unpaired) electrons. The molecular weight excluding hydrogens is 468 g/mol. The van der Waals surface area contributed by atoms with Crippen LogP contribution in [0, 0.1) is 0 Å². The van der Waals surface area contributed by atoms with E-state index in [0.29, 0.717) is 29.0 Å². The molecule has 1 saturated carbocycles. The summed E-state index contributed by atoms with van der Waals surface area (Å²) in [5, 5.41) is 6.35. The first kappa shape index (κ1) is 22.9. The quantitative estimate of drug-likeness (QED) is 0.312. The fourth-order valence-corrected chi connectivity index (χ4v) is 5.72. The van der Waals surface area contributed by atoms with Crippen molar-refractivity contribution in [2.24, 2.45) is 0 Å². The van der Waals surface area contributed by atoms with Crippen molar-refractivity contribution >= 4 is 33.6 Å². The summed E-state index contributed by atoms with van der Waals surface area (Å²) in [5.41, 5.74) is 2.74. The number of anilines is 1. The summed E-state index contributed by atoms with van der Waals surface area (Å²) < 4.78 is 6.75. The molecule has 0 saturated heterocycles. The predicted molar refractivity (Wildman–Crippen MR) is 137 cm³/mol. The lowest BCUT2D eigenvalue weighted by Gasteiger charge is -2.25. The zero-order valence-corrected chi connectivity index (χ0v) is 20.7. The lowest BCUT2D eigenvalue weighted by atomic mass is 9.90. The van der Waals surface area contributed by atoms with Crippen LogP contribution in [0.5, 0.6) is 5.75 Å². The number of aromatic nitrogens is 3. The Hall–Kier alpha value is -2.90. The Morgan fingerprint density at radius 3 is 2.50 bits per heavy atom.